The van der Waals surface area contributed by atoms with Crippen LogP contribution in [0.2, 0.25) is 0 Å². The fourth-order valence-electron chi connectivity index (χ4n) is 2.09. The van der Waals surface area contributed by atoms with Crippen LogP contribution in [0.3, 0.4) is 0 Å². The van der Waals surface area contributed by atoms with Gasteiger partial charge in [-0.25, -0.2) is 0 Å². The molecule has 0 fully saturated rings. The predicted octanol–water partition coefficient (Wildman–Crippen LogP) is 7.40. The summed E-state index contributed by atoms with van der Waals surface area (Å²) in [7, 11) is -14.3. The summed E-state index contributed by atoms with van der Waals surface area (Å²) >= 11 is 0. The highest BCUT2D eigenvalue weighted by Crippen LogP contribution is 2.79. The normalized spacial score (nSPS) is 14.6. The third kappa shape index (κ3) is 5.56. The molecule has 148 valence electrons. The molecule has 0 aliphatic carbocycles. The van der Waals surface area contributed by atoms with Gasteiger partial charge in [-0.05, 0) is 10.4 Å². The fraction of sp³-hybridized carbons (Fsp3) is 0.250. The Hall–Kier alpha value is -0.900. The van der Waals surface area contributed by atoms with Gasteiger partial charge in [-0.3, -0.25) is 0 Å². The van der Waals surface area contributed by atoms with Crippen LogP contribution < -0.4 is 10.6 Å². The van der Waals surface area contributed by atoms with Gasteiger partial charge in [-0.2, -0.15) is 17.1 Å². The molecule has 2 rings (SSSR count). The van der Waals surface area contributed by atoms with Crippen molar-refractivity contribution in [1.82, 2.24) is 4.66 Å². The summed E-state index contributed by atoms with van der Waals surface area (Å²) in [5.41, 5.74) is 0. The van der Waals surface area contributed by atoms with Gasteiger partial charge in [-0.15, -0.1) is 0 Å². The molecule has 1 atom stereocenters. The highest BCUT2D eigenvalue weighted by Gasteiger charge is 2.61. The molecule has 0 heterocycles. The van der Waals surface area contributed by atoms with E-state index in [4.69, 9.17) is 4.52 Å². The van der Waals surface area contributed by atoms with Gasteiger partial charge in [0.15, 0.2) is 4.66 Å². The smallest absolute Gasteiger partial charge is 0.195 e. The van der Waals surface area contributed by atoms with E-state index in [0.717, 1.165) is 0 Å². The van der Waals surface area contributed by atoms with Gasteiger partial charge >= 0.3 is 16.8 Å². The first-order valence-corrected chi connectivity index (χ1v) is 12.2. The van der Waals surface area contributed by atoms with Crippen LogP contribution in [0.4, 0.5) is 21.3 Å². The number of benzene rings is 2. The van der Waals surface area contributed by atoms with E-state index in [1.54, 1.807) is 26.0 Å². The zero-order valence-electron chi connectivity index (χ0n) is 14.6. The third-order valence-electron chi connectivity index (χ3n) is 3.33. The number of hydrogen-bond donors (Lipinski definition) is 0. The van der Waals surface area contributed by atoms with Crippen molar-refractivity contribution in [3.8, 4) is 0 Å². The second-order valence-corrected chi connectivity index (χ2v) is 11.4. The molecule has 3 nitrogen and oxygen atoms in total. The van der Waals surface area contributed by atoms with Gasteiger partial charge in [0, 0.05) is 14.8 Å². The average Bonchev–Trinajstić information content (AvgIpc) is 2.67. The summed E-state index contributed by atoms with van der Waals surface area (Å²) in [6.45, 7) is 2.89. The molecule has 2 aromatic rings. The standard InChI is InChI=1S/C16H19F5N2OP3/c1-14(2)13-24-27(21,23(17)25(18)19)22-26(20,15-9-5-3-6-10-15)16-11-7-4-8-12-16/h3-12,14H,13H2,1-2H3/q+1. The fourth-order valence-corrected chi connectivity index (χ4v) is 7.76. The lowest BCUT2D eigenvalue weighted by molar-refractivity contribution is 0.171. The summed E-state index contributed by atoms with van der Waals surface area (Å²) in [6.07, 6.45) is 0. The first-order valence-electron chi connectivity index (χ1n) is 7.95. The lowest BCUT2D eigenvalue weighted by atomic mass is 10.2. The van der Waals surface area contributed by atoms with Crippen molar-refractivity contribution in [2.24, 2.45) is 10.4 Å². The summed E-state index contributed by atoms with van der Waals surface area (Å²) < 4.78 is 78.3. The lowest BCUT2D eigenvalue weighted by Gasteiger charge is -2.19. The number of rotatable bonds is 8. The van der Waals surface area contributed by atoms with Crippen molar-refractivity contribution in [3.05, 3.63) is 60.7 Å². The van der Waals surface area contributed by atoms with E-state index in [0.29, 0.717) is 0 Å². The van der Waals surface area contributed by atoms with Gasteiger partial charge < -0.3 is 0 Å². The molecule has 0 N–H and O–H groups in total. The van der Waals surface area contributed by atoms with Crippen molar-refractivity contribution in [2.45, 2.75) is 13.8 Å². The Morgan fingerprint density at radius 1 is 1.04 bits per heavy atom. The van der Waals surface area contributed by atoms with Crippen LogP contribution in [-0.4, -0.2) is 11.3 Å². The summed E-state index contributed by atoms with van der Waals surface area (Å²) in [6, 6.07) is 14.8. The van der Waals surface area contributed by atoms with Crippen LogP contribution >= 0.6 is 24.2 Å². The Bertz CT molecular complexity index is 739. The van der Waals surface area contributed by atoms with E-state index in [1.165, 1.54) is 48.5 Å². The van der Waals surface area contributed by atoms with Crippen LogP contribution in [0.1, 0.15) is 13.8 Å². The SMILES string of the molecule is CC(C)CO[P+](F)(N=P(F)(c1ccccc1)c1ccccc1)N(F)P(F)F. The van der Waals surface area contributed by atoms with Gasteiger partial charge in [0.1, 0.15) is 6.61 Å². The Kier molecular flexibility index (Phi) is 7.91. The zero-order valence-corrected chi connectivity index (χ0v) is 17.3. The van der Waals surface area contributed by atoms with Gasteiger partial charge in [0.25, 0.3) is 0 Å². The van der Waals surface area contributed by atoms with E-state index >= 15 is 8.39 Å². The number of nitrogens with zero attached hydrogens (tertiary/aromatic N) is 2. The largest absolute Gasteiger partial charge is 0.575 e. The minimum atomic E-state index is -5.38. The summed E-state index contributed by atoms with van der Waals surface area (Å²) in [5, 5.41) is -0.0244. The minimum Gasteiger partial charge on any atom is -0.195 e. The molecule has 0 aliphatic heterocycles. The topological polar surface area (TPSA) is 24.8 Å². The summed E-state index contributed by atoms with van der Waals surface area (Å²) in [4.78, 5) is 0. The Morgan fingerprint density at radius 3 is 1.85 bits per heavy atom. The number of halogens is 5. The zero-order chi connectivity index (χ0) is 20.1. The van der Waals surface area contributed by atoms with Gasteiger partial charge in [0.2, 0.25) is 7.37 Å². The Balaban J connectivity index is 2.68. The molecule has 0 saturated carbocycles. The summed E-state index contributed by atoms with van der Waals surface area (Å²) in [5.74, 6) is -0.282. The maximum absolute atomic E-state index is 16.1. The van der Waals surface area contributed by atoms with E-state index in [1.807, 2.05) is 0 Å². The molecule has 27 heavy (non-hydrogen) atoms. The molecule has 0 spiro atoms. The van der Waals surface area contributed by atoms with E-state index in [2.05, 4.69) is 4.52 Å². The second-order valence-electron chi connectivity index (χ2n) is 5.94. The van der Waals surface area contributed by atoms with E-state index in [-0.39, 0.29) is 23.1 Å². The minimum absolute atomic E-state index is 0.0122. The monoisotopic (exact) mass is 443 g/mol. The molecular formula is C16H19F5N2OP3+. The Labute approximate surface area is 157 Å². The molecule has 0 aromatic heterocycles. The highest BCUT2D eigenvalue weighted by atomic mass is 31.3. The van der Waals surface area contributed by atoms with Crippen molar-refractivity contribution < 1.29 is 25.8 Å². The molecule has 0 amide bonds. The van der Waals surface area contributed by atoms with Crippen LogP contribution in [0.5, 0.6) is 0 Å². The molecule has 0 aliphatic rings. The highest BCUT2D eigenvalue weighted by molar-refractivity contribution is 7.83. The van der Waals surface area contributed by atoms with Gasteiger partial charge in [-0.1, -0.05) is 79.0 Å². The first kappa shape index (κ1) is 22.4. The van der Waals surface area contributed by atoms with Crippen molar-refractivity contribution in [1.29, 1.82) is 0 Å². The van der Waals surface area contributed by atoms with Crippen LogP contribution in [0, 0.1) is 5.92 Å². The maximum atomic E-state index is 16.1. The Morgan fingerprint density at radius 2 is 1.48 bits per heavy atom. The van der Waals surface area contributed by atoms with E-state index < -0.39 is 28.8 Å². The predicted molar refractivity (Wildman–Crippen MR) is 104 cm³/mol. The van der Waals surface area contributed by atoms with Gasteiger partial charge in [0.05, 0.1) is 0 Å². The first-order chi connectivity index (χ1) is 12.7. The quantitative estimate of drug-likeness (QED) is 0.241. The second kappa shape index (κ2) is 9.54. The molecule has 0 bridgehead atoms. The maximum Gasteiger partial charge on any atom is 0.575 e. The van der Waals surface area contributed by atoms with Crippen molar-refractivity contribution in [3.63, 3.8) is 0 Å². The molecule has 0 radical (unpaired) electrons. The van der Waals surface area contributed by atoms with Crippen LogP contribution in [-0.2, 0) is 4.52 Å². The molecule has 0 saturated heterocycles. The van der Waals surface area contributed by atoms with Crippen molar-refractivity contribution >= 4 is 34.8 Å². The molecule has 11 heteroatoms. The lowest BCUT2D eigenvalue weighted by Crippen LogP contribution is -2.15. The molecular weight excluding hydrogens is 424 g/mol. The average molecular weight is 443 g/mol. The van der Waals surface area contributed by atoms with E-state index in [9.17, 15) is 12.9 Å². The number of hydrogen-bond acceptors (Lipinski definition) is 3. The molecule has 2 aromatic carbocycles. The van der Waals surface area contributed by atoms with Crippen LogP contribution in [0.25, 0.3) is 0 Å². The van der Waals surface area contributed by atoms with Crippen molar-refractivity contribution in [2.75, 3.05) is 6.61 Å². The third-order valence-corrected chi connectivity index (χ3v) is 9.37. The molecule has 1 unspecified atom stereocenters. The van der Waals surface area contributed by atoms with Crippen LogP contribution in [0.15, 0.2) is 65.2 Å².